The van der Waals surface area contributed by atoms with Gasteiger partial charge in [0.15, 0.2) is 0 Å². The molecule has 0 bridgehead atoms. The van der Waals surface area contributed by atoms with Gasteiger partial charge in [-0.3, -0.25) is 4.79 Å². The third-order valence-electron chi connectivity index (χ3n) is 2.51. The summed E-state index contributed by atoms with van der Waals surface area (Å²) in [6, 6.07) is 0. The van der Waals surface area contributed by atoms with Gasteiger partial charge in [0.1, 0.15) is 5.78 Å². The molecule has 1 aliphatic carbocycles. The Bertz CT molecular complexity index is 129. The second kappa shape index (κ2) is 2.13. The molecule has 3 atom stereocenters. The van der Waals surface area contributed by atoms with Crippen LogP contribution >= 0.6 is 0 Å². The van der Waals surface area contributed by atoms with Crippen molar-refractivity contribution in [3.63, 3.8) is 0 Å². The van der Waals surface area contributed by atoms with Gasteiger partial charge in [-0.25, -0.2) is 0 Å². The van der Waals surface area contributed by atoms with Crippen molar-refractivity contribution in [2.24, 2.45) is 17.8 Å². The summed E-state index contributed by atoms with van der Waals surface area (Å²) in [5.41, 5.74) is 0. The van der Waals surface area contributed by atoms with Crippen LogP contribution in [0.25, 0.3) is 0 Å². The Morgan fingerprint density at radius 3 is 2.00 bits per heavy atom. The minimum absolute atomic E-state index is 0.319. The zero-order valence-electron chi connectivity index (χ0n) is 6.35. The van der Waals surface area contributed by atoms with Crippen LogP contribution in [-0.2, 0) is 4.79 Å². The van der Waals surface area contributed by atoms with E-state index in [0.717, 1.165) is 6.42 Å². The molecule has 1 saturated carbocycles. The fourth-order valence-electron chi connectivity index (χ4n) is 1.61. The van der Waals surface area contributed by atoms with Crippen molar-refractivity contribution in [2.45, 2.75) is 27.2 Å². The highest BCUT2D eigenvalue weighted by atomic mass is 16.1. The van der Waals surface area contributed by atoms with Crippen LogP contribution in [0.5, 0.6) is 0 Å². The van der Waals surface area contributed by atoms with E-state index in [4.69, 9.17) is 0 Å². The summed E-state index contributed by atoms with van der Waals surface area (Å²) in [6.45, 7) is 6.23. The van der Waals surface area contributed by atoms with E-state index in [1.807, 2.05) is 13.8 Å². The van der Waals surface area contributed by atoms with E-state index in [1.165, 1.54) is 0 Å². The van der Waals surface area contributed by atoms with E-state index in [-0.39, 0.29) is 0 Å². The van der Waals surface area contributed by atoms with E-state index < -0.39 is 0 Å². The maximum atomic E-state index is 11.1. The molecule has 0 spiro atoms. The van der Waals surface area contributed by atoms with Crippen molar-refractivity contribution in [1.29, 1.82) is 0 Å². The molecule has 52 valence electrons. The molecule has 0 N–H and O–H groups in total. The third kappa shape index (κ3) is 1.00. The maximum absolute atomic E-state index is 11.1. The highest BCUT2D eigenvalue weighted by Crippen LogP contribution is 2.31. The minimum Gasteiger partial charge on any atom is -0.299 e. The molecule has 0 aromatic rings. The number of rotatable bonds is 0. The Morgan fingerprint density at radius 2 is 1.89 bits per heavy atom. The predicted octanol–water partition coefficient (Wildman–Crippen LogP) is 1.87. The lowest BCUT2D eigenvalue weighted by atomic mass is 10.0. The van der Waals surface area contributed by atoms with Gasteiger partial charge in [-0.1, -0.05) is 20.8 Å². The van der Waals surface area contributed by atoms with E-state index >= 15 is 0 Å². The van der Waals surface area contributed by atoms with Crippen molar-refractivity contribution < 1.29 is 4.79 Å². The van der Waals surface area contributed by atoms with Crippen LogP contribution in [0.1, 0.15) is 27.2 Å². The monoisotopic (exact) mass is 126 g/mol. The molecule has 1 rings (SSSR count). The molecule has 0 aromatic carbocycles. The van der Waals surface area contributed by atoms with Crippen LogP contribution in [0.15, 0.2) is 0 Å². The van der Waals surface area contributed by atoms with Gasteiger partial charge in [-0.15, -0.1) is 0 Å². The summed E-state index contributed by atoms with van der Waals surface area (Å²) in [6.07, 6.45) is 1.10. The molecule has 9 heavy (non-hydrogen) atoms. The second-order valence-corrected chi connectivity index (χ2v) is 3.31. The highest BCUT2D eigenvalue weighted by Gasteiger charge is 2.33. The van der Waals surface area contributed by atoms with Gasteiger partial charge in [0, 0.05) is 11.8 Å². The Balaban J connectivity index is 2.65. The first-order valence-electron chi connectivity index (χ1n) is 3.66. The molecule has 1 fully saturated rings. The number of Topliss-reactive ketones (excluding diaryl/α,β-unsaturated/α-hetero) is 1. The average molecular weight is 126 g/mol. The molecule has 0 heterocycles. The Kier molecular flexibility index (Phi) is 1.60. The lowest BCUT2D eigenvalue weighted by molar-refractivity contribution is -0.123. The molecule has 0 saturated heterocycles. The molecular weight excluding hydrogens is 112 g/mol. The van der Waals surface area contributed by atoms with E-state index in [0.29, 0.717) is 23.5 Å². The fraction of sp³-hybridized carbons (Fsp3) is 0.875. The number of carbonyl (C=O) groups excluding carboxylic acids is 1. The predicted molar refractivity (Wildman–Crippen MR) is 37.1 cm³/mol. The molecule has 0 radical (unpaired) electrons. The van der Waals surface area contributed by atoms with Crippen LogP contribution in [0.2, 0.25) is 0 Å². The van der Waals surface area contributed by atoms with Gasteiger partial charge >= 0.3 is 0 Å². The van der Waals surface area contributed by atoms with E-state index in [9.17, 15) is 4.79 Å². The van der Waals surface area contributed by atoms with Gasteiger partial charge in [-0.2, -0.15) is 0 Å². The van der Waals surface area contributed by atoms with Crippen molar-refractivity contribution >= 4 is 5.78 Å². The number of ketones is 1. The van der Waals surface area contributed by atoms with Crippen molar-refractivity contribution in [3.05, 3.63) is 0 Å². The van der Waals surface area contributed by atoms with Gasteiger partial charge < -0.3 is 0 Å². The summed E-state index contributed by atoms with van der Waals surface area (Å²) in [5.74, 6) is 1.73. The Morgan fingerprint density at radius 1 is 1.33 bits per heavy atom. The van der Waals surface area contributed by atoms with Crippen molar-refractivity contribution in [1.82, 2.24) is 0 Å². The van der Waals surface area contributed by atoms with Crippen LogP contribution in [0, 0.1) is 17.8 Å². The largest absolute Gasteiger partial charge is 0.299 e. The molecule has 1 nitrogen and oxygen atoms in total. The van der Waals surface area contributed by atoms with Crippen LogP contribution in [0.4, 0.5) is 0 Å². The van der Waals surface area contributed by atoms with Crippen LogP contribution < -0.4 is 0 Å². The van der Waals surface area contributed by atoms with Gasteiger partial charge in [0.05, 0.1) is 0 Å². The van der Waals surface area contributed by atoms with Gasteiger partial charge in [-0.05, 0) is 12.3 Å². The Hall–Kier alpha value is -0.330. The summed E-state index contributed by atoms with van der Waals surface area (Å²) < 4.78 is 0. The molecular formula is C8H14O. The lowest BCUT2D eigenvalue weighted by Gasteiger charge is -2.03. The Labute approximate surface area is 56.4 Å². The fourth-order valence-corrected chi connectivity index (χ4v) is 1.61. The number of hydrogen-bond acceptors (Lipinski definition) is 1. The third-order valence-corrected chi connectivity index (χ3v) is 2.51. The van der Waals surface area contributed by atoms with E-state index in [2.05, 4.69) is 6.92 Å². The first kappa shape index (κ1) is 6.79. The molecule has 1 heteroatoms. The first-order valence-corrected chi connectivity index (χ1v) is 3.66. The van der Waals surface area contributed by atoms with Crippen molar-refractivity contribution in [2.75, 3.05) is 0 Å². The summed E-state index contributed by atoms with van der Waals surface area (Å²) >= 11 is 0. The zero-order valence-corrected chi connectivity index (χ0v) is 6.35. The quantitative estimate of drug-likeness (QED) is 0.484. The van der Waals surface area contributed by atoms with Gasteiger partial charge in [0.2, 0.25) is 0 Å². The zero-order chi connectivity index (χ0) is 7.02. The average Bonchev–Trinajstić information content (AvgIpc) is 1.98. The lowest BCUT2D eigenvalue weighted by Crippen LogP contribution is -2.10. The molecule has 3 unspecified atom stereocenters. The second-order valence-electron chi connectivity index (χ2n) is 3.31. The first-order chi connectivity index (χ1) is 4.13. The molecule has 1 aliphatic rings. The SMILES string of the molecule is CC1CC(C)C(C)C1=O. The van der Waals surface area contributed by atoms with Crippen LogP contribution in [0.3, 0.4) is 0 Å². The standard InChI is InChI=1S/C8H14O/c1-5-4-6(2)8(9)7(5)3/h5-7H,4H2,1-3H3. The summed E-state index contributed by atoms with van der Waals surface area (Å²) in [5, 5.41) is 0. The van der Waals surface area contributed by atoms with E-state index in [1.54, 1.807) is 0 Å². The maximum Gasteiger partial charge on any atom is 0.138 e. The summed E-state index contributed by atoms with van der Waals surface area (Å²) in [7, 11) is 0. The topological polar surface area (TPSA) is 17.1 Å². The molecule has 0 aromatic heterocycles. The summed E-state index contributed by atoms with van der Waals surface area (Å²) in [4.78, 5) is 11.1. The molecule has 0 aliphatic heterocycles. The minimum atomic E-state index is 0.319. The van der Waals surface area contributed by atoms with Crippen LogP contribution in [-0.4, -0.2) is 5.78 Å². The smallest absolute Gasteiger partial charge is 0.138 e. The highest BCUT2D eigenvalue weighted by molar-refractivity contribution is 5.85. The molecule has 0 amide bonds. The number of carbonyl (C=O) groups is 1. The van der Waals surface area contributed by atoms with Gasteiger partial charge in [0.25, 0.3) is 0 Å². The normalized spacial score (nSPS) is 43.9. The number of hydrogen-bond donors (Lipinski definition) is 0. The van der Waals surface area contributed by atoms with Crippen molar-refractivity contribution in [3.8, 4) is 0 Å².